The zero-order valence-electron chi connectivity index (χ0n) is 14.9. The molecule has 0 unspecified atom stereocenters. The van der Waals surface area contributed by atoms with Gasteiger partial charge < -0.3 is 10.1 Å². The molecule has 0 saturated carbocycles. The number of hydrogen-bond acceptors (Lipinski definition) is 4. The Hall–Kier alpha value is -3.05. The molecule has 1 aromatic heterocycles. The van der Waals surface area contributed by atoms with Crippen LogP contribution < -0.4 is 15.0 Å². The Morgan fingerprint density at radius 1 is 1.15 bits per heavy atom. The second kappa shape index (κ2) is 6.93. The number of fused-ring (bicyclic) bond motifs is 1. The van der Waals surface area contributed by atoms with Crippen LogP contribution in [-0.2, 0) is 0 Å². The number of amides is 1. The fourth-order valence-corrected chi connectivity index (χ4v) is 3.47. The summed E-state index contributed by atoms with van der Waals surface area (Å²) in [5.74, 6) is 1.11. The van der Waals surface area contributed by atoms with Crippen molar-refractivity contribution in [2.75, 3.05) is 17.3 Å². The fraction of sp³-hybridized carbons (Fsp3) is 0.143. The van der Waals surface area contributed by atoms with Crippen molar-refractivity contribution in [3.05, 3.63) is 82.5 Å². The summed E-state index contributed by atoms with van der Waals surface area (Å²) in [6.07, 6.45) is 1.38. The highest BCUT2D eigenvalue weighted by Gasteiger charge is 2.38. The van der Waals surface area contributed by atoms with Crippen LogP contribution in [0.2, 0.25) is 5.02 Å². The maximum Gasteiger partial charge on any atom is 0.261 e. The lowest BCUT2D eigenvalue weighted by Crippen LogP contribution is -2.32. The molecule has 0 fully saturated rings. The summed E-state index contributed by atoms with van der Waals surface area (Å²) < 4.78 is 5.21. The molecule has 0 spiro atoms. The molecule has 6 heteroatoms. The third-order valence-corrected chi connectivity index (χ3v) is 4.86. The SMILES string of the molecule is COc1ccc(N[C@H]2c3ccccc3C(=O)N2c2ccc(C)cn2)cc1Cl. The Kier molecular flexibility index (Phi) is 4.46. The lowest BCUT2D eigenvalue weighted by atomic mass is 10.1. The Morgan fingerprint density at radius 3 is 2.67 bits per heavy atom. The number of nitrogens with one attached hydrogen (secondary N) is 1. The molecule has 1 atom stereocenters. The number of methoxy groups -OCH3 is 1. The highest BCUT2D eigenvalue weighted by atomic mass is 35.5. The number of carbonyl (C=O) groups is 1. The van der Waals surface area contributed by atoms with E-state index in [1.165, 1.54) is 0 Å². The lowest BCUT2D eigenvalue weighted by molar-refractivity contribution is 0.0992. The van der Waals surface area contributed by atoms with Crippen LogP contribution in [0.1, 0.15) is 27.7 Å². The van der Waals surface area contributed by atoms with Crippen LogP contribution in [0.25, 0.3) is 0 Å². The van der Waals surface area contributed by atoms with Gasteiger partial charge in [0.1, 0.15) is 17.7 Å². The van der Waals surface area contributed by atoms with Crippen LogP contribution >= 0.6 is 11.6 Å². The average Bonchev–Trinajstić information content (AvgIpc) is 2.95. The van der Waals surface area contributed by atoms with Gasteiger partial charge in [-0.2, -0.15) is 0 Å². The maximum atomic E-state index is 13.0. The first-order valence-corrected chi connectivity index (χ1v) is 8.91. The van der Waals surface area contributed by atoms with Crippen molar-refractivity contribution < 1.29 is 9.53 Å². The van der Waals surface area contributed by atoms with Gasteiger partial charge in [-0.15, -0.1) is 0 Å². The number of anilines is 2. The Balaban J connectivity index is 1.75. The summed E-state index contributed by atoms with van der Waals surface area (Å²) in [5.41, 5.74) is 3.38. The molecule has 1 aliphatic heterocycles. The molecule has 0 bridgehead atoms. The molecule has 5 nitrogen and oxygen atoms in total. The second-order valence-corrected chi connectivity index (χ2v) is 6.76. The van der Waals surface area contributed by atoms with E-state index in [9.17, 15) is 4.79 Å². The van der Waals surface area contributed by atoms with E-state index in [1.54, 1.807) is 30.3 Å². The molecule has 4 rings (SSSR count). The molecular weight excluding hydrogens is 362 g/mol. The molecular formula is C21H18ClN3O2. The molecule has 0 saturated heterocycles. The lowest BCUT2D eigenvalue weighted by Gasteiger charge is -2.26. The minimum atomic E-state index is -0.381. The Bertz CT molecular complexity index is 1000. The van der Waals surface area contributed by atoms with E-state index in [1.807, 2.05) is 49.4 Å². The van der Waals surface area contributed by atoms with E-state index in [0.29, 0.717) is 22.2 Å². The minimum Gasteiger partial charge on any atom is -0.495 e. The first-order chi connectivity index (χ1) is 13.1. The van der Waals surface area contributed by atoms with Gasteiger partial charge in [0, 0.05) is 23.0 Å². The van der Waals surface area contributed by atoms with E-state index >= 15 is 0 Å². The number of aryl methyl sites for hydroxylation is 1. The number of nitrogens with zero attached hydrogens (tertiary/aromatic N) is 2. The van der Waals surface area contributed by atoms with Crippen molar-refractivity contribution in [1.29, 1.82) is 0 Å². The van der Waals surface area contributed by atoms with Crippen LogP contribution in [0.15, 0.2) is 60.8 Å². The van der Waals surface area contributed by atoms with E-state index in [4.69, 9.17) is 16.3 Å². The first-order valence-electron chi connectivity index (χ1n) is 8.53. The zero-order valence-corrected chi connectivity index (χ0v) is 15.7. The van der Waals surface area contributed by atoms with Gasteiger partial charge in [-0.25, -0.2) is 4.98 Å². The predicted molar refractivity (Wildman–Crippen MR) is 107 cm³/mol. The summed E-state index contributed by atoms with van der Waals surface area (Å²) in [7, 11) is 1.57. The molecule has 1 aliphatic rings. The molecule has 0 aliphatic carbocycles. The number of ether oxygens (including phenoxy) is 1. The second-order valence-electron chi connectivity index (χ2n) is 6.35. The zero-order chi connectivity index (χ0) is 19.0. The highest BCUT2D eigenvalue weighted by molar-refractivity contribution is 6.32. The third kappa shape index (κ3) is 3.11. The van der Waals surface area contributed by atoms with Gasteiger partial charge in [0.05, 0.1) is 12.1 Å². The van der Waals surface area contributed by atoms with Crippen LogP contribution in [0, 0.1) is 6.92 Å². The number of carbonyl (C=O) groups excluding carboxylic acids is 1. The van der Waals surface area contributed by atoms with Crippen molar-refractivity contribution in [3.8, 4) is 5.75 Å². The molecule has 3 aromatic rings. The quantitative estimate of drug-likeness (QED) is 0.705. The number of rotatable bonds is 4. The van der Waals surface area contributed by atoms with Gasteiger partial charge in [-0.3, -0.25) is 9.69 Å². The smallest absolute Gasteiger partial charge is 0.261 e. The topological polar surface area (TPSA) is 54.5 Å². The van der Waals surface area contributed by atoms with Crippen molar-refractivity contribution in [1.82, 2.24) is 4.98 Å². The largest absolute Gasteiger partial charge is 0.495 e. The number of aromatic nitrogens is 1. The first kappa shape index (κ1) is 17.4. The Morgan fingerprint density at radius 2 is 1.96 bits per heavy atom. The number of hydrogen-bond donors (Lipinski definition) is 1. The molecule has 136 valence electrons. The molecule has 0 radical (unpaired) electrons. The van der Waals surface area contributed by atoms with Crippen molar-refractivity contribution in [2.45, 2.75) is 13.1 Å². The summed E-state index contributed by atoms with van der Waals surface area (Å²) in [4.78, 5) is 19.2. The van der Waals surface area contributed by atoms with Gasteiger partial charge in [-0.05, 0) is 42.8 Å². The summed E-state index contributed by atoms with van der Waals surface area (Å²) in [6, 6.07) is 16.8. The normalized spacial score (nSPS) is 15.6. The number of benzene rings is 2. The molecule has 1 amide bonds. The van der Waals surface area contributed by atoms with Crippen LogP contribution in [0.3, 0.4) is 0 Å². The average molecular weight is 380 g/mol. The van der Waals surface area contributed by atoms with E-state index < -0.39 is 0 Å². The number of halogens is 1. The van der Waals surface area contributed by atoms with Crippen molar-refractivity contribution >= 4 is 29.0 Å². The van der Waals surface area contributed by atoms with E-state index in [-0.39, 0.29) is 12.1 Å². The molecule has 27 heavy (non-hydrogen) atoms. The predicted octanol–water partition coefficient (Wildman–Crippen LogP) is 4.82. The Labute approximate surface area is 162 Å². The fourth-order valence-electron chi connectivity index (χ4n) is 3.21. The summed E-state index contributed by atoms with van der Waals surface area (Å²) in [5, 5.41) is 3.91. The monoisotopic (exact) mass is 379 g/mol. The maximum absolute atomic E-state index is 13.0. The van der Waals surface area contributed by atoms with E-state index in [2.05, 4.69) is 10.3 Å². The summed E-state index contributed by atoms with van der Waals surface area (Å²) >= 11 is 6.26. The van der Waals surface area contributed by atoms with E-state index in [0.717, 1.165) is 16.8 Å². The van der Waals surface area contributed by atoms with Crippen molar-refractivity contribution in [3.63, 3.8) is 0 Å². The third-order valence-electron chi connectivity index (χ3n) is 4.56. The minimum absolute atomic E-state index is 0.0842. The number of pyridine rings is 1. The van der Waals surface area contributed by atoms with Gasteiger partial charge in [-0.1, -0.05) is 35.9 Å². The highest BCUT2D eigenvalue weighted by Crippen LogP contribution is 2.38. The van der Waals surface area contributed by atoms with Gasteiger partial charge in [0.15, 0.2) is 0 Å². The summed E-state index contributed by atoms with van der Waals surface area (Å²) in [6.45, 7) is 1.96. The molecule has 2 aromatic carbocycles. The van der Waals surface area contributed by atoms with Crippen molar-refractivity contribution in [2.24, 2.45) is 0 Å². The van der Waals surface area contributed by atoms with Crippen LogP contribution in [0.4, 0.5) is 11.5 Å². The standard InChI is InChI=1S/C21H18ClN3O2/c1-13-7-10-19(23-12-13)25-20(15-5-3-4-6-16(15)21(25)26)24-14-8-9-18(27-2)17(22)11-14/h3-12,20,24H,1-2H3/t20-/m1/s1. The van der Waals surface area contributed by atoms with Gasteiger partial charge in [0.25, 0.3) is 5.91 Å². The molecule has 2 heterocycles. The van der Waals surface area contributed by atoms with Crippen LogP contribution in [0.5, 0.6) is 5.75 Å². The molecule has 1 N–H and O–H groups in total. The van der Waals surface area contributed by atoms with Gasteiger partial charge >= 0.3 is 0 Å². The van der Waals surface area contributed by atoms with Crippen LogP contribution in [-0.4, -0.2) is 18.0 Å². The van der Waals surface area contributed by atoms with Gasteiger partial charge in [0.2, 0.25) is 0 Å².